The first-order valence-electron chi connectivity index (χ1n) is 12.6. The van der Waals surface area contributed by atoms with Crippen LogP contribution in [0.25, 0.3) is 0 Å². The van der Waals surface area contributed by atoms with Crippen molar-refractivity contribution in [2.24, 2.45) is 11.3 Å². The molecule has 1 aromatic rings. The molecule has 2 saturated carbocycles. The SMILES string of the molecule is CC1(C)CN(C(=O)CCC2CCCCC2)CCC1(O)Cn1cc(C(=O)O)c(C2CC2)cc1=O. The quantitative estimate of drug-likeness (QED) is 0.648. The first-order valence-corrected chi connectivity index (χ1v) is 12.6. The number of pyridine rings is 1. The van der Waals surface area contributed by atoms with Crippen molar-refractivity contribution in [3.05, 3.63) is 33.7 Å². The molecule has 3 fully saturated rings. The molecule has 7 nitrogen and oxygen atoms in total. The smallest absolute Gasteiger partial charge is 0.337 e. The Bertz CT molecular complexity index is 958. The Labute approximate surface area is 195 Å². The summed E-state index contributed by atoms with van der Waals surface area (Å²) in [5.74, 6) is -0.0858. The largest absolute Gasteiger partial charge is 0.478 e. The van der Waals surface area contributed by atoms with E-state index >= 15 is 0 Å². The van der Waals surface area contributed by atoms with Crippen LogP contribution in [-0.4, -0.2) is 50.2 Å². The molecule has 182 valence electrons. The number of amides is 1. The molecule has 3 aliphatic rings. The summed E-state index contributed by atoms with van der Waals surface area (Å²) in [4.78, 5) is 39.3. The second kappa shape index (κ2) is 9.24. The number of carbonyl (C=O) groups excluding carboxylic acids is 1. The van der Waals surface area contributed by atoms with E-state index in [0.29, 0.717) is 37.4 Å². The van der Waals surface area contributed by atoms with Crippen molar-refractivity contribution in [2.45, 2.75) is 96.1 Å². The van der Waals surface area contributed by atoms with E-state index < -0.39 is 17.0 Å². The lowest BCUT2D eigenvalue weighted by molar-refractivity contribution is -0.154. The van der Waals surface area contributed by atoms with Gasteiger partial charge < -0.3 is 19.7 Å². The standard InChI is InChI=1S/C26H38N2O5/c1-25(2)16-27(22(29)11-8-18-6-4-3-5-7-18)13-12-26(25,33)17-28-15-21(24(31)32)20(14-23(28)30)19-9-10-19/h14-15,18-19,33H,3-13,16-17H2,1-2H3,(H,31,32). The predicted octanol–water partition coefficient (Wildman–Crippen LogP) is 3.77. The number of likely N-dealkylation sites (tertiary alicyclic amines) is 1. The molecule has 4 rings (SSSR count). The summed E-state index contributed by atoms with van der Waals surface area (Å²) in [5.41, 5.74) is -1.38. The van der Waals surface area contributed by atoms with Gasteiger partial charge in [-0.05, 0) is 43.1 Å². The third kappa shape index (κ3) is 5.18. The minimum atomic E-state index is -1.21. The molecule has 0 radical (unpaired) electrons. The van der Waals surface area contributed by atoms with E-state index in [2.05, 4.69) is 0 Å². The summed E-state index contributed by atoms with van der Waals surface area (Å²) >= 11 is 0. The van der Waals surface area contributed by atoms with E-state index in [9.17, 15) is 24.6 Å². The van der Waals surface area contributed by atoms with Gasteiger partial charge in [0.2, 0.25) is 5.91 Å². The summed E-state index contributed by atoms with van der Waals surface area (Å²) in [7, 11) is 0. The van der Waals surface area contributed by atoms with Gasteiger partial charge in [0.05, 0.1) is 17.7 Å². The maximum Gasteiger partial charge on any atom is 0.337 e. The molecule has 2 N–H and O–H groups in total. The number of hydrogen-bond donors (Lipinski definition) is 2. The zero-order chi connectivity index (χ0) is 23.8. The monoisotopic (exact) mass is 458 g/mol. The van der Waals surface area contributed by atoms with E-state index in [1.54, 1.807) is 0 Å². The van der Waals surface area contributed by atoms with Gasteiger partial charge in [-0.3, -0.25) is 9.59 Å². The summed E-state index contributed by atoms with van der Waals surface area (Å²) in [5, 5.41) is 21.2. The molecular weight excluding hydrogens is 420 g/mol. The van der Waals surface area contributed by atoms with Crippen LogP contribution in [0.4, 0.5) is 0 Å². The molecular formula is C26H38N2O5. The Morgan fingerprint density at radius 3 is 2.42 bits per heavy atom. The van der Waals surface area contributed by atoms with Crippen molar-refractivity contribution in [1.82, 2.24) is 9.47 Å². The molecule has 1 saturated heterocycles. The van der Waals surface area contributed by atoms with Crippen LogP contribution >= 0.6 is 0 Å². The van der Waals surface area contributed by atoms with Crippen LogP contribution in [0.3, 0.4) is 0 Å². The van der Waals surface area contributed by atoms with Gasteiger partial charge in [0.1, 0.15) is 0 Å². The first-order chi connectivity index (χ1) is 15.6. The maximum absolute atomic E-state index is 12.9. The van der Waals surface area contributed by atoms with Crippen molar-refractivity contribution in [3.63, 3.8) is 0 Å². The molecule has 7 heteroatoms. The zero-order valence-electron chi connectivity index (χ0n) is 20.0. The number of hydrogen-bond acceptors (Lipinski definition) is 4. The summed E-state index contributed by atoms with van der Waals surface area (Å²) < 4.78 is 1.34. The van der Waals surface area contributed by atoms with Gasteiger partial charge in [0.25, 0.3) is 5.56 Å². The number of carboxylic acid groups (broad SMARTS) is 1. The summed E-state index contributed by atoms with van der Waals surface area (Å²) in [6.45, 7) is 4.75. The van der Waals surface area contributed by atoms with Crippen LogP contribution < -0.4 is 5.56 Å². The van der Waals surface area contributed by atoms with Crippen LogP contribution in [0.2, 0.25) is 0 Å². The number of aromatic carboxylic acids is 1. The summed E-state index contributed by atoms with van der Waals surface area (Å²) in [6, 6.07) is 1.43. The van der Waals surface area contributed by atoms with Gasteiger partial charge in [-0.1, -0.05) is 46.0 Å². The lowest BCUT2D eigenvalue weighted by atomic mass is 9.69. The molecule has 0 spiro atoms. The fourth-order valence-electron chi connectivity index (χ4n) is 5.73. The Hall–Kier alpha value is -2.15. The fourth-order valence-corrected chi connectivity index (χ4v) is 5.73. The predicted molar refractivity (Wildman–Crippen MR) is 125 cm³/mol. The van der Waals surface area contributed by atoms with Gasteiger partial charge in [-0.25, -0.2) is 4.79 Å². The minimum Gasteiger partial charge on any atom is -0.478 e. The number of carboxylic acids is 1. The van der Waals surface area contributed by atoms with Gasteiger partial charge >= 0.3 is 5.97 Å². The van der Waals surface area contributed by atoms with E-state index in [1.165, 1.54) is 48.9 Å². The molecule has 1 atom stereocenters. The van der Waals surface area contributed by atoms with Crippen molar-refractivity contribution in [2.75, 3.05) is 13.1 Å². The van der Waals surface area contributed by atoms with Gasteiger partial charge in [0, 0.05) is 37.2 Å². The summed E-state index contributed by atoms with van der Waals surface area (Å²) in [6.07, 6.45) is 11.4. The van der Waals surface area contributed by atoms with Crippen LogP contribution in [0.15, 0.2) is 17.1 Å². The molecule has 0 bridgehead atoms. The number of piperidine rings is 1. The number of nitrogens with zero attached hydrogens (tertiary/aromatic N) is 2. The maximum atomic E-state index is 12.9. The lowest BCUT2D eigenvalue weighted by Gasteiger charge is -2.50. The second-order valence-corrected chi connectivity index (χ2v) is 11.2. The first kappa shape index (κ1) is 24.0. The van der Waals surface area contributed by atoms with Crippen LogP contribution in [0.1, 0.15) is 99.9 Å². The molecule has 0 aromatic carbocycles. The average molecular weight is 459 g/mol. The highest BCUT2D eigenvalue weighted by Crippen LogP contribution is 2.42. The molecule has 2 aliphatic carbocycles. The Morgan fingerprint density at radius 2 is 1.82 bits per heavy atom. The Morgan fingerprint density at radius 1 is 1.12 bits per heavy atom. The van der Waals surface area contributed by atoms with Crippen molar-refractivity contribution < 1.29 is 19.8 Å². The number of aliphatic hydroxyl groups is 1. The van der Waals surface area contributed by atoms with Crippen LogP contribution in [0.5, 0.6) is 0 Å². The van der Waals surface area contributed by atoms with Crippen LogP contribution in [-0.2, 0) is 11.3 Å². The molecule has 33 heavy (non-hydrogen) atoms. The Balaban J connectivity index is 1.44. The van der Waals surface area contributed by atoms with E-state index in [1.807, 2.05) is 18.7 Å². The van der Waals surface area contributed by atoms with E-state index in [0.717, 1.165) is 19.3 Å². The normalized spacial score (nSPS) is 25.7. The fraction of sp³-hybridized carbons (Fsp3) is 0.731. The highest BCUT2D eigenvalue weighted by molar-refractivity contribution is 5.89. The molecule has 1 amide bonds. The number of carbonyl (C=O) groups is 2. The van der Waals surface area contributed by atoms with Crippen molar-refractivity contribution in [3.8, 4) is 0 Å². The second-order valence-electron chi connectivity index (χ2n) is 11.2. The van der Waals surface area contributed by atoms with Crippen LogP contribution in [0, 0.1) is 11.3 Å². The lowest BCUT2D eigenvalue weighted by Crippen LogP contribution is -2.60. The Kier molecular flexibility index (Phi) is 6.72. The van der Waals surface area contributed by atoms with Gasteiger partial charge in [0.15, 0.2) is 0 Å². The highest BCUT2D eigenvalue weighted by Gasteiger charge is 2.49. The number of rotatable bonds is 7. The molecule has 1 aliphatic heterocycles. The third-order valence-corrected chi connectivity index (χ3v) is 8.32. The van der Waals surface area contributed by atoms with E-state index in [-0.39, 0.29) is 29.5 Å². The average Bonchev–Trinajstić information content (AvgIpc) is 3.61. The number of aromatic nitrogens is 1. The van der Waals surface area contributed by atoms with Crippen molar-refractivity contribution >= 4 is 11.9 Å². The van der Waals surface area contributed by atoms with Gasteiger partial charge in [-0.2, -0.15) is 0 Å². The minimum absolute atomic E-state index is 0.0220. The third-order valence-electron chi connectivity index (χ3n) is 8.32. The van der Waals surface area contributed by atoms with E-state index in [4.69, 9.17) is 0 Å². The van der Waals surface area contributed by atoms with Gasteiger partial charge in [-0.15, -0.1) is 0 Å². The topological polar surface area (TPSA) is 99.8 Å². The zero-order valence-corrected chi connectivity index (χ0v) is 20.0. The molecule has 1 unspecified atom stereocenters. The molecule has 1 aromatic heterocycles. The highest BCUT2D eigenvalue weighted by atomic mass is 16.4. The van der Waals surface area contributed by atoms with Crippen molar-refractivity contribution in [1.29, 1.82) is 0 Å². The molecule has 2 heterocycles.